The summed E-state index contributed by atoms with van der Waals surface area (Å²) >= 11 is 0. The number of hydrogen-bond acceptors (Lipinski definition) is 10. The average molecular weight is 827 g/mol. The lowest BCUT2D eigenvalue weighted by Gasteiger charge is -2.40. The predicted molar refractivity (Wildman–Crippen MR) is 222 cm³/mol. The quantitative estimate of drug-likeness (QED) is 0.0602. The summed E-state index contributed by atoms with van der Waals surface area (Å²) in [7, 11) is -2.67. The van der Waals surface area contributed by atoms with E-state index in [2.05, 4.69) is 31.1 Å². The van der Waals surface area contributed by atoms with Crippen LogP contribution in [0.1, 0.15) is 54.0 Å². The van der Waals surface area contributed by atoms with Crippen molar-refractivity contribution in [1.82, 2.24) is 9.55 Å². The van der Waals surface area contributed by atoms with Crippen molar-refractivity contribution in [1.29, 1.82) is 0 Å². The van der Waals surface area contributed by atoms with Gasteiger partial charge in [-0.15, -0.1) is 9.42 Å². The van der Waals surface area contributed by atoms with Crippen LogP contribution < -0.4 is 20.5 Å². The standard InChI is InChI=1S/C43H48N3O10PSi/c1-42(2,3)58(6,7)56-38-37(55-57(49)50)35(54-40(38)46-27-26-36(45-41(46)48)44-39(47)29-14-10-8-11-15-29)28-53-43(30-16-12-9-13-17-30,31-18-22-33(51-4)23-19-31)32-20-24-34(52-5)25-21-32/h8-27,35,37-38,40H,28H2,1-7H3,(H-,44,45,47,48,49,50)/p+1/t35-,37-,38-,40-/m1/s1. The van der Waals surface area contributed by atoms with Gasteiger partial charge < -0.3 is 28.7 Å². The van der Waals surface area contributed by atoms with E-state index in [4.69, 9.17) is 27.9 Å². The summed E-state index contributed by atoms with van der Waals surface area (Å²) in [6.45, 7) is 10.0. The van der Waals surface area contributed by atoms with Crippen molar-refractivity contribution in [2.45, 2.75) is 69.0 Å². The highest BCUT2D eigenvalue weighted by atomic mass is 31.1. The highest BCUT2D eigenvalue weighted by Gasteiger charge is 2.56. The molecule has 1 amide bonds. The van der Waals surface area contributed by atoms with Gasteiger partial charge in [-0.3, -0.25) is 9.36 Å². The van der Waals surface area contributed by atoms with Gasteiger partial charge >= 0.3 is 13.9 Å². The second-order valence-electron chi connectivity index (χ2n) is 15.4. The molecule has 1 aromatic heterocycles. The Bertz CT molecular complexity index is 2190. The molecule has 6 rings (SSSR count). The van der Waals surface area contributed by atoms with Crippen LogP contribution in [-0.2, 0) is 28.6 Å². The highest BCUT2D eigenvalue weighted by molar-refractivity contribution is 7.32. The van der Waals surface area contributed by atoms with Crippen molar-refractivity contribution in [2.24, 2.45) is 0 Å². The molecule has 1 aliphatic heterocycles. The van der Waals surface area contributed by atoms with Crippen molar-refractivity contribution >= 4 is 28.3 Å². The first-order chi connectivity index (χ1) is 27.7. The van der Waals surface area contributed by atoms with Crippen molar-refractivity contribution in [3.8, 4) is 11.5 Å². The summed E-state index contributed by atoms with van der Waals surface area (Å²) in [4.78, 5) is 41.2. The minimum Gasteiger partial charge on any atom is -0.497 e. The number of nitrogens with zero attached hydrogens (tertiary/aromatic N) is 2. The number of carbonyl (C=O) groups excluding carboxylic acids is 1. The van der Waals surface area contributed by atoms with Gasteiger partial charge in [0.15, 0.2) is 20.6 Å². The van der Waals surface area contributed by atoms with Crippen LogP contribution in [0.5, 0.6) is 11.5 Å². The Kier molecular flexibility index (Phi) is 13.1. The third kappa shape index (κ3) is 9.14. The molecule has 0 spiro atoms. The smallest absolute Gasteiger partial charge is 0.497 e. The molecule has 1 fully saturated rings. The molecular formula is C43H49N3O10PSi+. The van der Waals surface area contributed by atoms with Crippen LogP contribution in [0.4, 0.5) is 5.82 Å². The topological polar surface area (TPSA) is 157 Å². The van der Waals surface area contributed by atoms with Gasteiger partial charge in [0.1, 0.15) is 35.1 Å². The molecule has 58 heavy (non-hydrogen) atoms. The summed E-state index contributed by atoms with van der Waals surface area (Å²) in [5.41, 5.74) is 0.684. The molecule has 1 aliphatic rings. The monoisotopic (exact) mass is 826 g/mol. The first-order valence-corrected chi connectivity index (χ1v) is 22.8. The summed E-state index contributed by atoms with van der Waals surface area (Å²) in [6, 6.07) is 34.7. The molecule has 2 heterocycles. The van der Waals surface area contributed by atoms with E-state index in [1.165, 1.54) is 16.8 Å². The minimum atomic E-state index is -3.18. The molecule has 0 bridgehead atoms. The van der Waals surface area contributed by atoms with Crippen LogP contribution in [0.25, 0.3) is 0 Å². The molecule has 5 atom stereocenters. The molecule has 4 aromatic carbocycles. The minimum absolute atomic E-state index is 0.0349. The van der Waals surface area contributed by atoms with Crippen LogP contribution >= 0.6 is 8.25 Å². The lowest BCUT2D eigenvalue weighted by Crippen LogP contribution is -2.50. The Labute approximate surface area is 340 Å². The Balaban J connectivity index is 1.43. The lowest BCUT2D eigenvalue weighted by atomic mass is 9.80. The normalized spacial score (nSPS) is 18.7. The van der Waals surface area contributed by atoms with E-state index in [-0.39, 0.29) is 17.5 Å². The van der Waals surface area contributed by atoms with Gasteiger partial charge in [0, 0.05) is 16.3 Å². The van der Waals surface area contributed by atoms with E-state index in [1.807, 2.05) is 92.0 Å². The Morgan fingerprint density at radius 2 is 1.36 bits per heavy atom. The molecule has 0 radical (unpaired) electrons. The van der Waals surface area contributed by atoms with Crippen molar-refractivity contribution in [3.63, 3.8) is 0 Å². The second-order valence-corrected chi connectivity index (χ2v) is 20.8. The van der Waals surface area contributed by atoms with Crippen LogP contribution in [0.3, 0.4) is 0 Å². The zero-order valence-electron chi connectivity index (χ0n) is 33.5. The maximum Gasteiger partial charge on any atom is 0.695 e. The molecular weight excluding hydrogens is 778 g/mol. The van der Waals surface area contributed by atoms with Crippen LogP contribution in [0.2, 0.25) is 18.1 Å². The number of aromatic nitrogens is 2. The molecule has 1 saturated heterocycles. The van der Waals surface area contributed by atoms with Crippen LogP contribution in [-0.4, -0.2) is 67.8 Å². The molecule has 304 valence electrons. The number of amides is 1. The summed E-state index contributed by atoms with van der Waals surface area (Å²) in [5.74, 6) is 0.901. The summed E-state index contributed by atoms with van der Waals surface area (Å²) in [5, 5.41) is 2.36. The molecule has 0 aliphatic carbocycles. The molecule has 1 unspecified atom stereocenters. The fraction of sp³-hybridized carbons (Fsp3) is 0.326. The largest absolute Gasteiger partial charge is 0.695 e. The van der Waals surface area contributed by atoms with E-state index in [0.717, 1.165) is 16.7 Å². The van der Waals surface area contributed by atoms with Crippen molar-refractivity contribution in [3.05, 3.63) is 154 Å². The zero-order chi connectivity index (χ0) is 41.7. The second kappa shape index (κ2) is 17.8. The van der Waals surface area contributed by atoms with Crippen LogP contribution in [0.15, 0.2) is 126 Å². The highest BCUT2D eigenvalue weighted by Crippen LogP contribution is 2.46. The van der Waals surface area contributed by atoms with E-state index < -0.39 is 58.3 Å². The molecule has 2 N–H and O–H groups in total. The molecule has 5 aromatic rings. The lowest BCUT2D eigenvalue weighted by molar-refractivity contribution is -0.0937. The molecule has 15 heteroatoms. The Hall–Kier alpha value is -5.05. The first-order valence-electron chi connectivity index (χ1n) is 18.8. The number of rotatable bonds is 15. The number of carbonyl (C=O) groups is 1. The van der Waals surface area contributed by atoms with Crippen molar-refractivity contribution in [2.75, 3.05) is 26.1 Å². The predicted octanol–water partition coefficient (Wildman–Crippen LogP) is 7.84. The Morgan fingerprint density at radius 3 is 1.86 bits per heavy atom. The van der Waals surface area contributed by atoms with Gasteiger partial charge in [-0.2, -0.15) is 4.98 Å². The number of anilines is 1. The van der Waals surface area contributed by atoms with E-state index in [0.29, 0.717) is 17.1 Å². The first kappa shape index (κ1) is 42.5. The number of hydrogen-bond donors (Lipinski definition) is 2. The maximum absolute atomic E-state index is 13.8. The number of nitrogens with one attached hydrogen (secondary N) is 1. The number of benzene rings is 4. The average Bonchev–Trinajstić information content (AvgIpc) is 3.53. The van der Waals surface area contributed by atoms with Gasteiger partial charge in [-0.1, -0.05) is 93.6 Å². The van der Waals surface area contributed by atoms with E-state index in [9.17, 15) is 19.0 Å². The van der Waals surface area contributed by atoms with Crippen molar-refractivity contribution < 1.29 is 42.2 Å². The molecule has 13 nitrogen and oxygen atoms in total. The number of methoxy groups -OCH3 is 2. The summed E-state index contributed by atoms with van der Waals surface area (Å²) < 4.78 is 51.4. The van der Waals surface area contributed by atoms with Gasteiger partial charge in [-0.25, -0.2) is 4.79 Å². The Morgan fingerprint density at radius 1 is 0.828 bits per heavy atom. The fourth-order valence-electron chi connectivity index (χ4n) is 6.68. The van der Waals surface area contributed by atoms with Gasteiger partial charge in [0.05, 0.1) is 20.8 Å². The van der Waals surface area contributed by atoms with E-state index in [1.54, 1.807) is 44.6 Å². The summed E-state index contributed by atoms with van der Waals surface area (Å²) in [6.07, 6.45) is -3.01. The SMILES string of the molecule is COc1ccc(C(OC[C@H]2O[C@@H](n3ccc(NC(=O)c4ccccc4)nc3=O)[C@H](O[Si](C)(C)C(C)(C)C)[C@@H]2O[P+](=O)O)(c2ccccc2)c2ccc(OC)cc2)cc1. The third-order valence-corrected chi connectivity index (χ3v) is 15.7. The fourth-order valence-corrected chi connectivity index (χ4v) is 8.42. The van der Waals surface area contributed by atoms with Gasteiger partial charge in [-0.05, 0) is 77.3 Å². The van der Waals surface area contributed by atoms with Crippen LogP contribution in [0, 0.1) is 0 Å². The van der Waals surface area contributed by atoms with Gasteiger partial charge in [0.25, 0.3) is 5.91 Å². The van der Waals surface area contributed by atoms with E-state index >= 15 is 0 Å². The van der Waals surface area contributed by atoms with Gasteiger partial charge in [0.2, 0.25) is 0 Å². The third-order valence-electron chi connectivity index (χ3n) is 10.8. The molecule has 0 saturated carbocycles. The number of ether oxygens (including phenoxy) is 4. The zero-order valence-corrected chi connectivity index (χ0v) is 35.4. The maximum atomic E-state index is 13.8.